The first kappa shape index (κ1) is 5.44. The number of aliphatic hydroxyl groups is 1. The number of nitrogens with two attached hydrogens (primary N) is 1. The topological polar surface area (TPSA) is 49.5 Å². The van der Waals surface area contributed by atoms with Crippen molar-refractivity contribution in [2.75, 3.05) is 6.54 Å². The summed E-state index contributed by atoms with van der Waals surface area (Å²) in [6, 6.07) is 0. The van der Waals surface area contributed by atoms with E-state index in [2.05, 4.69) is 0 Å². The third-order valence-corrected chi connectivity index (χ3v) is 1.16. The smallest absolute Gasteiger partial charge is 0.110 e. The summed E-state index contributed by atoms with van der Waals surface area (Å²) >= 11 is 0. The van der Waals surface area contributed by atoms with Crippen molar-refractivity contribution < 1.29 is 5.11 Å². The lowest BCUT2D eigenvalue weighted by Crippen LogP contribution is -2.29. The normalized spacial score (nSPS) is 20.6. The fourth-order valence-electron chi connectivity index (χ4n) is 0.763. The van der Waals surface area contributed by atoms with E-state index in [1.54, 1.807) is 6.20 Å². The van der Waals surface area contributed by atoms with E-state index in [4.69, 9.17) is 10.9 Å². The first-order valence-electron chi connectivity index (χ1n) is 2.70. The molecule has 0 bridgehead atoms. The van der Waals surface area contributed by atoms with E-state index in [-0.39, 0.29) is 0 Å². The lowest BCUT2D eigenvalue weighted by molar-refractivity contribution is 0.289. The number of hydrogen-bond acceptors (Lipinski definition) is 3. The molecule has 0 aliphatic carbocycles. The molecule has 0 atom stereocenters. The molecule has 0 aromatic heterocycles. The van der Waals surface area contributed by atoms with Crippen molar-refractivity contribution in [2.45, 2.75) is 12.8 Å². The third-order valence-electron chi connectivity index (χ3n) is 1.16. The highest BCUT2D eigenvalue weighted by Crippen LogP contribution is 2.07. The van der Waals surface area contributed by atoms with Gasteiger partial charge in [0.05, 0.1) is 6.20 Å². The van der Waals surface area contributed by atoms with E-state index in [0.29, 0.717) is 5.76 Å². The molecule has 8 heavy (non-hydrogen) atoms. The van der Waals surface area contributed by atoms with Crippen LogP contribution in [0.5, 0.6) is 0 Å². The number of nitrogens with zero attached hydrogens (tertiary/aromatic N) is 1. The lowest BCUT2D eigenvalue weighted by atomic mass is 10.2. The van der Waals surface area contributed by atoms with Gasteiger partial charge in [-0.25, -0.2) is 5.84 Å². The van der Waals surface area contributed by atoms with Crippen molar-refractivity contribution in [3.63, 3.8) is 0 Å². The highest BCUT2D eigenvalue weighted by molar-refractivity contribution is 4.92. The summed E-state index contributed by atoms with van der Waals surface area (Å²) in [4.78, 5) is 0. The van der Waals surface area contributed by atoms with Gasteiger partial charge >= 0.3 is 0 Å². The first-order valence-corrected chi connectivity index (χ1v) is 2.70. The van der Waals surface area contributed by atoms with Crippen molar-refractivity contribution in [3.05, 3.63) is 12.0 Å². The zero-order valence-electron chi connectivity index (χ0n) is 4.67. The van der Waals surface area contributed by atoms with Gasteiger partial charge in [0.25, 0.3) is 0 Å². The number of aliphatic hydroxyl groups excluding tert-OH is 1. The summed E-state index contributed by atoms with van der Waals surface area (Å²) in [5.74, 6) is 5.71. The second kappa shape index (κ2) is 2.05. The van der Waals surface area contributed by atoms with E-state index in [1.807, 2.05) is 0 Å². The molecule has 0 spiro atoms. The molecule has 0 aromatic rings. The molecule has 3 N–H and O–H groups in total. The zero-order valence-corrected chi connectivity index (χ0v) is 4.67. The SMILES string of the molecule is NN1C=C(O)CCC1. The second-order valence-corrected chi connectivity index (χ2v) is 1.96. The molecule has 0 fully saturated rings. The van der Waals surface area contributed by atoms with E-state index in [0.717, 1.165) is 19.4 Å². The minimum absolute atomic E-state index is 0.388. The Bertz CT molecular complexity index is 111. The summed E-state index contributed by atoms with van der Waals surface area (Å²) in [6.45, 7) is 0.851. The largest absolute Gasteiger partial charge is 0.511 e. The third kappa shape index (κ3) is 1.13. The Morgan fingerprint density at radius 2 is 2.50 bits per heavy atom. The van der Waals surface area contributed by atoms with Gasteiger partial charge in [0.2, 0.25) is 0 Å². The van der Waals surface area contributed by atoms with Crippen LogP contribution in [0.25, 0.3) is 0 Å². The zero-order chi connectivity index (χ0) is 5.98. The summed E-state index contributed by atoms with van der Waals surface area (Å²) in [6.07, 6.45) is 3.29. The molecular weight excluding hydrogens is 104 g/mol. The Hall–Kier alpha value is -0.700. The van der Waals surface area contributed by atoms with Crippen molar-refractivity contribution in [3.8, 4) is 0 Å². The van der Waals surface area contributed by atoms with Gasteiger partial charge in [-0.1, -0.05) is 0 Å². The van der Waals surface area contributed by atoms with Crippen molar-refractivity contribution in [2.24, 2.45) is 5.84 Å². The van der Waals surface area contributed by atoms with Gasteiger partial charge in [0.1, 0.15) is 5.76 Å². The second-order valence-electron chi connectivity index (χ2n) is 1.96. The molecule has 0 saturated carbocycles. The molecule has 1 heterocycles. The van der Waals surface area contributed by atoms with Gasteiger partial charge in [-0.15, -0.1) is 0 Å². The molecule has 3 nitrogen and oxygen atoms in total. The van der Waals surface area contributed by atoms with Crippen LogP contribution in [-0.2, 0) is 0 Å². The van der Waals surface area contributed by atoms with Gasteiger partial charge in [-0.3, -0.25) is 0 Å². The monoisotopic (exact) mass is 114 g/mol. The number of allylic oxidation sites excluding steroid dienone is 1. The molecule has 0 unspecified atom stereocenters. The molecule has 3 heteroatoms. The van der Waals surface area contributed by atoms with Crippen LogP contribution in [0.4, 0.5) is 0 Å². The molecule has 0 radical (unpaired) electrons. The standard InChI is InChI=1S/C5H10N2O/c6-7-3-1-2-5(8)4-7/h4,8H,1-3,6H2. The summed E-state index contributed by atoms with van der Waals surface area (Å²) in [5, 5.41) is 10.3. The van der Waals surface area contributed by atoms with Crippen LogP contribution in [0.3, 0.4) is 0 Å². The van der Waals surface area contributed by atoms with Crippen LogP contribution < -0.4 is 5.84 Å². The Kier molecular flexibility index (Phi) is 1.39. The fourth-order valence-corrected chi connectivity index (χ4v) is 0.763. The number of rotatable bonds is 0. The van der Waals surface area contributed by atoms with E-state index >= 15 is 0 Å². The molecule has 0 saturated heterocycles. The minimum atomic E-state index is 0.388. The molecular formula is C5H10N2O. The van der Waals surface area contributed by atoms with Crippen molar-refractivity contribution >= 4 is 0 Å². The molecule has 1 aliphatic rings. The van der Waals surface area contributed by atoms with Crippen molar-refractivity contribution in [1.82, 2.24) is 5.01 Å². The first-order chi connectivity index (χ1) is 3.79. The van der Waals surface area contributed by atoms with Gasteiger partial charge in [0, 0.05) is 13.0 Å². The Balaban J connectivity index is 2.50. The van der Waals surface area contributed by atoms with Gasteiger partial charge in [0.15, 0.2) is 0 Å². The van der Waals surface area contributed by atoms with E-state index in [1.165, 1.54) is 5.01 Å². The lowest BCUT2D eigenvalue weighted by Gasteiger charge is -2.18. The predicted octanol–water partition coefficient (Wildman–Crippen LogP) is 0.355. The summed E-state index contributed by atoms with van der Waals surface area (Å²) in [7, 11) is 0. The molecule has 0 aromatic carbocycles. The van der Waals surface area contributed by atoms with Crippen LogP contribution in [0.15, 0.2) is 12.0 Å². The Labute approximate surface area is 48.4 Å². The average molecular weight is 114 g/mol. The van der Waals surface area contributed by atoms with E-state index < -0.39 is 0 Å². The minimum Gasteiger partial charge on any atom is -0.511 e. The number of hydrazine groups is 1. The molecule has 1 rings (SSSR count). The summed E-state index contributed by atoms with van der Waals surface area (Å²) < 4.78 is 0. The molecule has 46 valence electrons. The molecule has 0 amide bonds. The Morgan fingerprint density at radius 1 is 1.75 bits per heavy atom. The van der Waals surface area contributed by atoms with Crippen LogP contribution in [0.1, 0.15) is 12.8 Å². The quantitative estimate of drug-likeness (QED) is 0.447. The van der Waals surface area contributed by atoms with Crippen LogP contribution in [0, 0.1) is 0 Å². The van der Waals surface area contributed by atoms with E-state index in [9.17, 15) is 0 Å². The highest BCUT2D eigenvalue weighted by atomic mass is 16.3. The number of hydrogen-bond donors (Lipinski definition) is 2. The van der Waals surface area contributed by atoms with Crippen LogP contribution in [0.2, 0.25) is 0 Å². The van der Waals surface area contributed by atoms with Gasteiger partial charge in [-0.05, 0) is 6.42 Å². The average Bonchev–Trinajstić information content (AvgIpc) is 1.64. The maximum absolute atomic E-state index is 8.82. The van der Waals surface area contributed by atoms with Crippen LogP contribution in [-0.4, -0.2) is 16.7 Å². The maximum atomic E-state index is 8.82. The van der Waals surface area contributed by atoms with Crippen molar-refractivity contribution in [1.29, 1.82) is 0 Å². The summed E-state index contributed by atoms with van der Waals surface area (Å²) in [5.41, 5.74) is 0. The van der Waals surface area contributed by atoms with Crippen LogP contribution >= 0.6 is 0 Å². The van der Waals surface area contributed by atoms with Gasteiger partial charge in [-0.2, -0.15) is 0 Å². The maximum Gasteiger partial charge on any atom is 0.110 e. The fraction of sp³-hybridized carbons (Fsp3) is 0.600. The predicted molar refractivity (Wildman–Crippen MR) is 30.8 cm³/mol. The highest BCUT2D eigenvalue weighted by Gasteiger charge is 2.03. The van der Waals surface area contributed by atoms with Gasteiger partial charge < -0.3 is 10.1 Å². The molecule has 1 aliphatic heterocycles. The Morgan fingerprint density at radius 3 is 2.88 bits per heavy atom.